The van der Waals surface area contributed by atoms with E-state index in [1.165, 1.54) is 18.7 Å². The van der Waals surface area contributed by atoms with Crippen LogP contribution < -0.4 is 38.9 Å². The van der Waals surface area contributed by atoms with Gasteiger partial charge in [-0.25, -0.2) is 4.79 Å². The summed E-state index contributed by atoms with van der Waals surface area (Å²) in [6.45, 7) is 1.39. The van der Waals surface area contributed by atoms with E-state index in [-0.39, 0.29) is 44.6 Å². The van der Waals surface area contributed by atoms with Crippen molar-refractivity contribution in [3.05, 3.63) is 0 Å². The lowest BCUT2D eigenvalue weighted by atomic mass is 10.1. The SMILES string of the molecule is CSCCC(NC(=O)C(N)CCC(N)=O)C(=O)NC(C(=O)NC(CCCN=C(N)N)C(=O)O)C(C)O. The molecular formula is C20H38N8O7S. The molecule has 0 aromatic heterocycles. The van der Waals surface area contributed by atoms with Crippen molar-refractivity contribution >= 4 is 47.3 Å². The van der Waals surface area contributed by atoms with Crippen molar-refractivity contribution in [3.63, 3.8) is 0 Å². The zero-order chi connectivity index (χ0) is 27.8. The monoisotopic (exact) mass is 534 g/mol. The van der Waals surface area contributed by atoms with Crippen LogP contribution in [0.15, 0.2) is 4.99 Å². The molecule has 0 spiro atoms. The topological polar surface area (TPSA) is 278 Å². The maximum Gasteiger partial charge on any atom is 0.326 e. The highest BCUT2D eigenvalue weighted by Gasteiger charge is 2.32. The number of carboxylic acid groups (broad SMARTS) is 1. The van der Waals surface area contributed by atoms with Crippen LogP contribution in [0.4, 0.5) is 0 Å². The van der Waals surface area contributed by atoms with Gasteiger partial charge in [0.25, 0.3) is 0 Å². The van der Waals surface area contributed by atoms with Gasteiger partial charge in [0.15, 0.2) is 5.96 Å². The fourth-order valence-corrected chi connectivity index (χ4v) is 3.37. The number of hydrogen-bond acceptors (Lipinski definition) is 9. The number of nitrogens with zero attached hydrogens (tertiary/aromatic N) is 1. The number of aliphatic hydroxyl groups is 1. The normalized spacial score (nSPS) is 14.9. The fraction of sp³-hybridized carbons (Fsp3) is 0.700. The van der Waals surface area contributed by atoms with Crippen LogP contribution in [0.3, 0.4) is 0 Å². The molecule has 15 nitrogen and oxygen atoms in total. The first-order chi connectivity index (χ1) is 16.8. The minimum Gasteiger partial charge on any atom is -0.480 e. The van der Waals surface area contributed by atoms with Crippen LogP contribution in [-0.4, -0.2) is 94.6 Å². The van der Waals surface area contributed by atoms with E-state index in [4.69, 9.17) is 22.9 Å². The van der Waals surface area contributed by atoms with Crippen molar-refractivity contribution in [2.24, 2.45) is 27.9 Å². The average molecular weight is 535 g/mol. The maximum atomic E-state index is 12.9. The van der Waals surface area contributed by atoms with E-state index < -0.39 is 59.9 Å². The van der Waals surface area contributed by atoms with E-state index in [1.54, 1.807) is 6.26 Å². The van der Waals surface area contributed by atoms with Gasteiger partial charge in [-0.1, -0.05) is 0 Å². The standard InChI is InChI=1S/C20H38N8O7S/c1-10(29)15(18(33)27-13(19(34)35)4-3-8-25-20(23)24)28-17(32)12(7-9-36-2)26-16(31)11(21)5-6-14(22)30/h10-13,15,29H,3-9,21H2,1-2H3,(H2,22,30)(H,26,31)(H,27,33)(H,28,32)(H,34,35)(H4,23,24,25). The number of aliphatic imine (C=N–C) groups is 1. The zero-order valence-corrected chi connectivity index (χ0v) is 21.3. The molecule has 0 fully saturated rings. The minimum absolute atomic E-state index is 0.00603. The predicted octanol–water partition coefficient (Wildman–Crippen LogP) is -3.69. The molecule has 4 amide bonds. The van der Waals surface area contributed by atoms with Gasteiger partial charge in [0, 0.05) is 13.0 Å². The van der Waals surface area contributed by atoms with E-state index in [9.17, 15) is 34.2 Å². The zero-order valence-electron chi connectivity index (χ0n) is 20.4. The molecule has 0 rings (SSSR count). The second-order valence-electron chi connectivity index (χ2n) is 8.03. The number of aliphatic hydroxyl groups excluding tert-OH is 1. The van der Waals surface area contributed by atoms with Crippen LogP contribution in [0.5, 0.6) is 0 Å². The van der Waals surface area contributed by atoms with Gasteiger partial charge >= 0.3 is 5.97 Å². The number of thioether (sulfide) groups is 1. The summed E-state index contributed by atoms with van der Waals surface area (Å²) in [4.78, 5) is 64.2. The third kappa shape index (κ3) is 13.7. The number of nitrogens with one attached hydrogen (secondary N) is 3. The summed E-state index contributed by atoms with van der Waals surface area (Å²) in [6.07, 6.45) is 0.694. The van der Waals surface area contributed by atoms with Gasteiger partial charge in [-0.15, -0.1) is 0 Å². The Labute approximate surface area is 213 Å². The third-order valence-corrected chi connectivity index (χ3v) is 5.55. The van der Waals surface area contributed by atoms with Gasteiger partial charge < -0.3 is 49.1 Å². The Kier molecular flexibility index (Phi) is 15.8. The molecule has 0 bridgehead atoms. The van der Waals surface area contributed by atoms with Gasteiger partial charge in [-0.05, 0) is 44.6 Å². The van der Waals surface area contributed by atoms with Crippen LogP contribution in [0, 0.1) is 0 Å². The molecule has 36 heavy (non-hydrogen) atoms. The number of carbonyl (C=O) groups is 5. The number of carbonyl (C=O) groups excluding carboxylic acids is 4. The van der Waals surface area contributed by atoms with Gasteiger partial charge in [0.05, 0.1) is 12.1 Å². The van der Waals surface area contributed by atoms with Crippen molar-refractivity contribution in [2.45, 2.75) is 69.3 Å². The molecular weight excluding hydrogens is 496 g/mol. The Morgan fingerprint density at radius 1 is 0.917 bits per heavy atom. The second kappa shape index (κ2) is 17.3. The molecule has 5 unspecified atom stereocenters. The number of carboxylic acids is 1. The number of primary amides is 1. The molecule has 13 N–H and O–H groups in total. The summed E-state index contributed by atoms with van der Waals surface area (Å²) in [7, 11) is 0. The number of guanidine groups is 1. The lowest BCUT2D eigenvalue weighted by Crippen LogP contribution is -2.60. The Morgan fingerprint density at radius 3 is 2.03 bits per heavy atom. The lowest BCUT2D eigenvalue weighted by Gasteiger charge is -2.26. The quantitative estimate of drug-likeness (QED) is 0.0468. The number of hydrogen-bond donors (Lipinski definition) is 9. The predicted molar refractivity (Wildman–Crippen MR) is 134 cm³/mol. The summed E-state index contributed by atoms with van der Waals surface area (Å²) in [6, 6.07) is -5.02. The van der Waals surface area contributed by atoms with Crippen LogP contribution in [0.1, 0.15) is 39.0 Å². The van der Waals surface area contributed by atoms with Gasteiger partial charge in [-0.2, -0.15) is 11.8 Å². The molecule has 0 aliphatic rings. The third-order valence-electron chi connectivity index (χ3n) is 4.90. The molecule has 0 aliphatic heterocycles. The number of amides is 4. The molecule has 0 heterocycles. The molecule has 0 radical (unpaired) electrons. The lowest BCUT2D eigenvalue weighted by molar-refractivity contribution is -0.143. The summed E-state index contributed by atoms with van der Waals surface area (Å²) >= 11 is 1.41. The molecule has 0 saturated heterocycles. The van der Waals surface area contributed by atoms with Gasteiger partial charge in [0.2, 0.25) is 23.6 Å². The maximum absolute atomic E-state index is 12.9. The molecule has 5 atom stereocenters. The van der Waals surface area contributed by atoms with E-state index in [0.717, 1.165) is 0 Å². The van der Waals surface area contributed by atoms with E-state index >= 15 is 0 Å². The van der Waals surface area contributed by atoms with Crippen LogP contribution in [0.2, 0.25) is 0 Å². The summed E-state index contributed by atoms with van der Waals surface area (Å²) < 4.78 is 0. The Morgan fingerprint density at radius 2 is 1.53 bits per heavy atom. The van der Waals surface area contributed by atoms with Crippen molar-refractivity contribution in [1.82, 2.24) is 16.0 Å². The smallest absolute Gasteiger partial charge is 0.326 e. The fourth-order valence-electron chi connectivity index (χ4n) is 2.89. The van der Waals surface area contributed by atoms with Crippen LogP contribution >= 0.6 is 11.8 Å². The molecule has 0 saturated carbocycles. The van der Waals surface area contributed by atoms with Crippen LogP contribution in [0.25, 0.3) is 0 Å². The highest BCUT2D eigenvalue weighted by atomic mass is 32.2. The van der Waals surface area contributed by atoms with Crippen molar-refractivity contribution in [2.75, 3.05) is 18.6 Å². The van der Waals surface area contributed by atoms with Gasteiger partial charge in [-0.3, -0.25) is 24.2 Å². The summed E-state index contributed by atoms with van der Waals surface area (Å²) in [5.41, 5.74) is 21.2. The highest BCUT2D eigenvalue weighted by Crippen LogP contribution is 2.06. The Bertz CT molecular complexity index is 792. The highest BCUT2D eigenvalue weighted by molar-refractivity contribution is 7.98. The minimum atomic E-state index is -1.51. The number of rotatable bonds is 18. The van der Waals surface area contributed by atoms with Crippen LogP contribution in [-0.2, 0) is 24.0 Å². The Balaban J connectivity index is 5.32. The summed E-state index contributed by atoms with van der Waals surface area (Å²) in [5, 5.41) is 26.6. The molecule has 206 valence electrons. The Hall–Kier alpha value is -3.11. The first-order valence-corrected chi connectivity index (χ1v) is 12.6. The first kappa shape index (κ1) is 32.9. The summed E-state index contributed by atoms with van der Waals surface area (Å²) in [5.74, 6) is -4.03. The van der Waals surface area contributed by atoms with E-state index in [1.807, 2.05) is 0 Å². The molecule has 0 aromatic carbocycles. The molecule has 0 aliphatic carbocycles. The van der Waals surface area contributed by atoms with E-state index in [0.29, 0.717) is 5.75 Å². The number of nitrogens with two attached hydrogens (primary N) is 4. The van der Waals surface area contributed by atoms with E-state index in [2.05, 4.69) is 20.9 Å². The average Bonchev–Trinajstić information content (AvgIpc) is 2.79. The second-order valence-corrected chi connectivity index (χ2v) is 9.01. The van der Waals surface area contributed by atoms with Crippen molar-refractivity contribution in [1.29, 1.82) is 0 Å². The first-order valence-electron chi connectivity index (χ1n) is 11.2. The van der Waals surface area contributed by atoms with Crippen molar-refractivity contribution < 1.29 is 34.2 Å². The largest absolute Gasteiger partial charge is 0.480 e. The van der Waals surface area contributed by atoms with Crippen molar-refractivity contribution in [3.8, 4) is 0 Å². The number of aliphatic carboxylic acids is 1. The van der Waals surface area contributed by atoms with Gasteiger partial charge in [0.1, 0.15) is 18.1 Å². The molecule has 0 aromatic rings. The molecule has 16 heteroatoms.